The summed E-state index contributed by atoms with van der Waals surface area (Å²) in [5.74, 6) is -0.794. The van der Waals surface area contributed by atoms with Crippen LogP contribution in [-0.4, -0.2) is 28.4 Å². The minimum Gasteiger partial charge on any atom is -0.465 e. The third-order valence-corrected chi connectivity index (χ3v) is 5.38. The maximum absolute atomic E-state index is 11.5. The minimum atomic E-state index is -0.373. The summed E-state index contributed by atoms with van der Waals surface area (Å²) in [6.07, 6.45) is 0.747. The van der Waals surface area contributed by atoms with E-state index in [1.165, 1.54) is 0 Å². The van der Waals surface area contributed by atoms with Gasteiger partial charge in [-0.05, 0) is 6.42 Å². The number of ether oxygens (including phenoxy) is 2. The molecule has 0 spiro atoms. The molecule has 0 aromatic rings. The zero-order valence-electron chi connectivity index (χ0n) is 11.7. The van der Waals surface area contributed by atoms with Gasteiger partial charge in [-0.25, -0.2) is 0 Å². The van der Waals surface area contributed by atoms with E-state index >= 15 is 0 Å². The Labute approximate surface area is 130 Å². The van der Waals surface area contributed by atoms with Gasteiger partial charge in [-0.1, -0.05) is 59.6 Å². The molecular weight excluding hydrogens is 380 g/mol. The predicted molar refractivity (Wildman–Crippen MR) is 79.2 cm³/mol. The molecule has 0 amide bonds. The van der Waals surface area contributed by atoms with Crippen molar-refractivity contribution in [1.29, 1.82) is 0 Å². The molecule has 0 aromatic heterocycles. The van der Waals surface area contributed by atoms with Crippen LogP contribution in [0.2, 0.25) is 0 Å². The summed E-state index contributed by atoms with van der Waals surface area (Å²) in [6.45, 7) is 7.64. The molecule has 0 bridgehead atoms. The molecule has 1 fully saturated rings. The summed E-state index contributed by atoms with van der Waals surface area (Å²) < 4.78 is 10.2. The van der Waals surface area contributed by atoms with Crippen molar-refractivity contribution in [3.63, 3.8) is 0 Å². The Morgan fingerprint density at radius 3 is 1.53 bits per heavy atom. The van der Waals surface area contributed by atoms with Gasteiger partial charge in [0.05, 0.1) is 20.5 Å². The molecule has 0 aromatic carbocycles. The summed E-state index contributed by atoms with van der Waals surface area (Å²) in [6, 6.07) is 0. The predicted octanol–water partition coefficient (Wildman–Crippen LogP) is 3.26. The lowest BCUT2D eigenvalue weighted by atomic mass is 10.1. The van der Waals surface area contributed by atoms with Crippen LogP contribution in [0.3, 0.4) is 0 Å². The Balaban J connectivity index is 2.53. The second kappa shape index (κ2) is 6.12. The molecule has 0 radical (unpaired) electrons. The van der Waals surface area contributed by atoms with Gasteiger partial charge in [-0.15, -0.1) is 0 Å². The Hall–Kier alpha value is -0.100. The Kier molecular flexibility index (Phi) is 5.46. The van der Waals surface area contributed by atoms with Crippen LogP contribution < -0.4 is 0 Å². The van der Waals surface area contributed by atoms with Crippen molar-refractivity contribution in [3.05, 3.63) is 0 Å². The summed E-state index contributed by atoms with van der Waals surface area (Å²) in [5.41, 5.74) is -0.373. The monoisotopic (exact) mass is 398 g/mol. The lowest BCUT2D eigenvalue weighted by Gasteiger charge is -2.20. The van der Waals surface area contributed by atoms with Gasteiger partial charge in [0.15, 0.2) is 0 Å². The first-order chi connectivity index (χ1) is 8.61. The van der Waals surface area contributed by atoms with Crippen LogP contribution in [0, 0.1) is 17.3 Å². The van der Waals surface area contributed by atoms with E-state index in [1.54, 1.807) is 27.7 Å². The SMILES string of the molecule is CC(C)C(=O)OCC1(COC(=O)C(C)C)CC1(Br)Br. The molecule has 1 saturated carbocycles. The van der Waals surface area contributed by atoms with E-state index in [1.807, 2.05) is 0 Å². The van der Waals surface area contributed by atoms with Gasteiger partial charge in [0.1, 0.15) is 13.2 Å². The fourth-order valence-electron chi connectivity index (χ4n) is 1.49. The molecule has 0 atom stereocenters. The van der Waals surface area contributed by atoms with Crippen molar-refractivity contribution in [1.82, 2.24) is 0 Å². The molecule has 6 heteroatoms. The van der Waals surface area contributed by atoms with Crippen LogP contribution in [0.1, 0.15) is 34.1 Å². The molecule has 1 aliphatic rings. The summed E-state index contributed by atoms with van der Waals surface area (Å²) in [4.78, 5) is 23.0. The number of alkyl halides is 2. The third kappa shape index (κ3) is 4.18. The van der Waals surface area contributed by atoms with Crippen molar-refractivity contribution in [3.8, 4) is 0 Å². The number of carbonyl (C=O) groups is 2. The maximum atomic E-state index is 11.5. The van der Waals surface area contributed by atoms with E-state index in [-0.39, 0.29) is 45.6 Å². The lowest BCUT2D eigenvalue weighted by Crippen LogP contribution is -2.28. The van der Waals surface area contributed by atoms with E-state index in [0.717, 1.165) is 6.42 Å². The maximum Gasteiger partial charge on any atom is 0.308 e. The van der Waals surface area contributed by atoms with Crippen molar-refractivity contribution in [2.75, 3.05) is 13.2 Å². The Bertz CT molecular complexity index is 340. The van der Waals surface area contributed by atoms with Gasteiger partial charge in [-0.3, -0.25) is 9.59 Å². The largest absolute Gasteiger partial charge is 0.465 e. The zero-order valence-corrected chi connectivity index (χ0v) is 14.8. The summed E-state index contributed by atoms with van der Waals surface area (Å²) >= 11 is 7.04. The molecule has 110 valence electrons. The van der Waals surface area contributed by atoms with E-state index in [9.17, 15) is 9.59 Å². The molecule has 4 nitrogen and oxygen atoms in total. The van der Waals surface area contributed by atoms with Gasteiger partial charge in [-0.2, -0.15) is 0 Å². The first-order valence-corrected chi connectivity index (χ1v) is 7.91. The van der Waals surface area contributed by atoms with Crippen LogP contribution in [0.4, 0.5) is 0 Å². The third-order valence-electron chi connectivity index (χ3n) is 3.14. The van der Waals surface area contributed by atoms with Crippen molar-refractivity contribution in [2.45, 2.75) is 37.3 Å². The normalized spacial score (nSPS) is 19.4. The molecule has 0 N–H and O–H groups in total. The number of halogens is 2. The average Bonchev–Trinajstić information content (AvgIpc) is 2.85. The first-order valence-electron chi connectivity index (χ1n) is 6.32. The first kappa shape index (κ1) is 17.0. The van der Waals surface area contributed by atoms with Gasteiger partial charge in [0.2, 0.25) is 0 Å². The van der Waals surface area contributed by atoms with Crippen LogP contribution in [0.25, 0.3) is 0 Å². The summed E-state index contributed by atoms with van der Waals surface area (Å²) in [7, 11) is 0. The lowest BCUT2D eigenvalue weighted by molar-refractivity contribution is -0.153. The zero-order chi connectivity index (χ0) is 14.8. The highest BCUT2D eigenvalue weighted by Gasteiger charge is 2.66. The van der Waals surface area contributed by atoms with E-state index in [4.69, 9.17) is 9.47 Å². The van der Waals surface area contributed by atoms with Crippen molar-refractivity contribution in [2.24, 2.45) is 17.3 Å². The second-order valence-electron chi connectivity index (χ2n) is 5.69. The van der Waals surface area contributed by atoms with Crippen LogP contribution in [-0.2, 0) is 19.1 Å². The van der Waals surface area contributed by atoms with E-state index < -0.39 is 0 Å². The second-order valence-corrected chi connectivity index (χ2v) is 9.46. The Morgan fingerprint density at radius 2 is 1.32 bits per heavy atom. The van der Waals surface area contributed by atoms with Crippen LogP contribution in [0.15, 0.2) is 0 Å². The quantitative estimate of drug-likeness (QED) is 0.508. The smallest absolute Gasteiger partial charge is 0.308 e. The van der Waals surface area contributed by atoms with Crippen LogP contribution in [0.5, 0.6) is 0 Å². The van der Waals surface area contributed by atoms with Gasteiger partial charge in [0, 0.05) is 0 Å². The van der Waals surface area contributed by atoms with Crippen molar-refractivity contribution < 1.29 is 19.1 Å². The molecule has 19 heavy (non-hydrogen) atoms. The molecule has 0 unspecified atom stereocenters. The molecule has 0 aliphatic heterocycles. The highest BCUT2D eigenvalue weighted by molar-refractivity contribution is 9.25. The van der Waals surface area contributed by atoms with Crippen LogP contribution >= 0.6 is 31.9 Å². The minimum absolute atomic E-state index is 0.158. The number of carbonyl (C=O) groups excluding carboxylic acids is 2. The number of hydrogen-bond acceptors (Lipinski definition) is 4. The van der Waals surface area contributed by atoms with Gasteiger partial charge in [0.25, 0.3) is 0 Å². The standard InChI is InChI=1S/C13H20Br2O4/c1-8(2)10(16)18-6-12(5-13(12,14)15)7-19-11(17)9(3)4/h8-9H,5-7H2,1-4H3. The van der Waals surface area contributed by atoms with E-state index in [2.05, 4.69) is 31.9 Å². The number of hydrogen-bond donors (Lipinski definition) is 0. The molecule has 1 aliphatic carbocycles. The highest BCUT2D eigenvalue weighted by Crippen LogP contribution is 2.66. The molecule has 0 saturated heterocycles. The molecular formula is C13H20Br2O4. The highest BCUT2D eigenvalue weighted by atomic mass is 79.9. The van der Waals surface area contributed by atoms with Gasteiger partial charge < -0.3 is 9.47 Å². The fraction of sp³-hybridized carbons (Fsp3) is 0.846. The molecule has 0 heterocycles. The summed E-state index contributed by atoms with van der Waals surface area (Å²) in [5, 5.41) is 0. The topological polar surface area (TPSA) is 52.6 Å². The number of esters is 2. The number of rotatable bonds is 6. The molecule has 1 rings (SSSR count). The Morgan fingerprint density at radius 1 is 1.00 bits per heavy atom. The average molecular weight is 400 g/mol. The van der Waals surface area contributed by atoms with Gasteiger partial charge >= 0.3 is 11.9 Å². The van der Waals surface area contributed by atoms with E-state index in [0.29, 0.717) is 0 Å². The van der Waals surface area contributed by atoms with Crippen molar-refractivity contribution >= 4 is 43.8 Å². The fourth-order valence-corrected chi connectivity index (χ4v) is 3.02.